The molecule has 1 nitrogen and oxygen atoms in total. The van der Waals surface area contributed by atoms with Gasteiger partial charge in [0.15, 0.2) is 0 Å². The summed E-state index contributed by atoms with van der Waals surface area (Å²) in [5.74, 6) is 0. The Hall–Kier alpha value is -2.03. The summed E-state index contributed by atoms with van der Waals surface area (Å²) in [6.45, 7) is 11.7. The Bertz CT molecular complexity index is 1600. The largest absolute Gasteiger partial charge is 0.426 e. The van der Waals surface area contributed by atoms with Gasteiger partial charge in [-0.05, 0) is 124 Å². The van der Waals surface area contributed by atoms with E-state index in [-0.39, 0.29) is 0 Å². The van der Waals surface area contributed by atoms with Crippen LogP contribution in [0.1, 0.15) is 27.8 Å². The summed E-state index contributed by atoms with van der Waals surface area (Å²) in [7, 11) is 2.13. The van der Waals surface area contributed by atoms with Crippen LogP contribution < -0.4 is 5.19 Å². The summed E-state index contributed by atoms with van der Waals surface area (Å²) in [6, 6.07) is 18.5. The second kappa shape index (κ2) is 8.03. The SMILES string of the molecule is Cc1c(C)c(C)c2c(C)c3c(C)cc4cc5ccccc5cc4c3cc2c1[Si]1CO[Si][Si][Si]1. The molecular formula is C28H25OSi4. The molecule has 5 heteroatoms. The molecule has 0 aliphatic carbocycles. The van der Waals surface area contributed by atoms with E-state index in [9.17, 15) is 0 Å². The van der Waals surface area contributed by atoms with E-state index in [4.69, 9.17) is 4.43 Å². The highest BCUT2D eigenvalue weighted by molar-refractivity contribution is 7.51. The van der Waals surface area contributed by atoms with Crippen LogP contribution in [-0.2, 0) is 4.43 Å². The molecule has 1 heterocycles. The second-order valence-corrected chi connectivity index (χ2v) is 20.5. The molecule has 0 bridgehead atoms. The van der Waals surface area contributed by atoms with Crippen molar-refractivity contribution in [2.24, 2.45) is 0 Å². The molecule has 0 atom stereocenters. The first-order valence-corrected chi connectivity index (χ1v) is 19.1. The van der Waals surface area contributed by atoms with Gasteiger partial charge in [0.1, 0.15) is 0 Å². The first kappa shape index (κ1) is 21.5. The van der Waals surface area contributed by atoms with Crippen LogP contribution in [0.3, 0.4) is 0 Å². The van der Waals surface area contributed by atoms with Crippen LogP contribution in [0, 0.1) is 34.6 Å². The molecule has 159 valence electrons. The van der Waals surface area contributed by atoms with Crippen LogP contribution in [0.2, 0.25) is 0 Å². The Morgan fingerprint density at radius 2 is 1.45 bits per heavy atom. The van der Waals surface area contributed by atoms with Gasteiger partial charge in [0.25, 0.3) is 0 Å². The molecule has 1 saturated heterocycles. The third-order valence-corrected chi connectivity index (χ3v) is 21.7. The molecule has 7 radical (unpaired) electrons. The van der Waals surface area contributed by atoms with E-state index in [1.165, 1.54) is 70.9 Å². The standard InChI is InChI=1S/C28H25OSi4/c1-15-10-22-11-20-8-6-7-9-21(20)12-23(22)24-13-25-27(19(5)26(15)24)17(3)16(2)18(4)28(25)33-14-29-30-31-32-33/h6-13H,14H2,1-5H3. The van der Waals surface area contributed by atoms with E-state index in [2.05, 4.69) is 83.1 Å². The van der Waals surface area contributed by atoms with Gasteiger partial charge in [-0.2, -0.15) is 0 Å². The van der Waals surface area contributed by atoms with Gasteiger partial charge in [-0.15, -0.1) is 0 Å². The average molecular weight is 490 g/mol. The highest BCUT2D eigenvalue weighted by Crippen LogP contribution is 2.38. The maximum atomic E-state index is 6.06. The van der Waals surface area contributed by atoms with Crippen LogP contribution in [0.4, 0.5) is 0 Å². The Balaban J connectivity index is 1.81. The minimum Gasteiger partial charge on any atom is -0.426 e. The molecule has 0 N–H and O–H groups in total. The van der Waals surface area contributed by atoms with E-state index in [1.807, 2.05) is 0 Å². The fraction of sp³-hybridized carbons (Fsp3) is 0.214. The molecule has 5 aromatic rings. The van der Waals surface area contributed by atoms with Crippen LogP contribution in [0.5, 0.6) is 0 Å². The lowest BCUT2D eigenvalue weighted by Crippen LogP contribution is -2.51. The van der Waals surface area contributed by atoms with Crippen LogP contribution >= 0.6 is 0 Å². The third-order valence-electron chi connectivity index (χ3n) is 7.55. The van der Waals surface area contributed by atoms with Crippen molar-refractivity contribution in [1.82, 2.24) is 0 Å². The summed E-state index contributed by atoms with van der Waals surface area (Å²) in [6.07, 6.45) is 0.975. The normalized spacial score (nSPS) is 15.3. The molecule has 33 heavy (non-hydrogen) atoms. The van der Waals surface area contributed by atoms with Gasteiger partial charge in [-0.3, -0.25) is 0 Å². The van der Waals surface area contributed by atoms with E-state index in [1.54, 1.807) is 5.19 Å². The van der Waals surface area contributed by atoms with Crippen molar-refractivity contribution in [3.05, 3.63) is 76.3 Å². The summed E-state index contributed by atoms with van der Waals surface area (Å²) in [4.78, 5) is 0. The molecule has 0 saturated carbocycles. The Labute approximate surface area is 204 Å². The lowest BCUT2D eigenvalue weighted by molar-refractivity contribution is 0.419. The van der Waals surface area contributed by atoms with Crippen LogP contribution in [0.15, 0.2) is 48.5 Å². The number of fused-ring (bicyclic) bond motifs is 5. The Kier molecular flexibility index (Phi) is 5.23. The number of benzene rings is 5. The van der Waals surface area contributed by atoms with Gasteiger partial charge in [-0.25, -0.2) is 0 Å². The van der Waals surface area contributed by atoms with Gasteiger partial charge < -0.3 is 4.43 Å². The molecule has 0 spiro atoms. The van der Waals surface area contributed by atoms with Gasteiger partial charge in [-0.1, -0.05) is 35.5 Å². The van der Waals surface area contributed by atoms with Crippen molar-refractivity contribution >= 4 is 83.0 Å². The van der Waals surface area contributed by atoms with E-state index >= 15 is 0 Å². The van der Waals surface area contributed by atoms with E-state index < -0.39 is 8.31 Å². The third kappa shape index (κ3) is 3.25. The van der Waals surface area contributed by atoms with Crippen molar-refractivity contribution < 1.29 is 4.43 Å². The summed E-state index contributed by atoms with van der Waals surface area (Å²) in [5.41, 5.74) is 7.27. The van der Waals surface area contributed by atoms with E-state index in [0.29, 0.717) is 0 Å². The zero-order valence-corrected chi connectivity index (χ0v) is 23.7. The minimum atomic E-state index is -0.676. The number of hydrogen-bond acceptors (Lipinski definition) is 1. The number of rotatable bonds is 1. The van der Waals surface area contributed by atoms with Crippen molar-refractivity contribution in [1.29, 1.82) is 0 Å². The topological polar surface area (TPSA) is 9.23 Å². The Morgan fingerprint density at radius 1 is 0.697 bits per heavy atom. The zero-order chi connectivity index (χ0) is 22.9. The molecule has 0 unspecified atom stereocenters. The summed E-state index contributed by atoms with van der Waals surface area (Å²) >= 11 is 0. The first-order valence-electron chi connectivity index (χ1n) is 11.5. The molecule has 1 aliphatic heterocycles. The van der Waals surface area contributed by atoms with Crippen molar-refractivity contribution in [2.45, 2.75) is 34.6 Å². The van der Waals surface area contributed by atoms with Crippen molar-refractivity contribution in [3.63, 3.8) is 0 Å². The summed E-state index contributed by atoms with van der Waals surface area (Å²) in [5, 5.41) is 12.8. The van der Waals surface area contributed by atoms with Crippen molar-refractivity contribution in [2.75, 3.05) is 6.23 Å². The summed E-state index contributed by atoms with van der Waals surface area (Å²) < 4.78 is 6.06. The zero-order valence-electron chi connectivity index (χ0n) is 19.7. The molecule has 0 aromatic heterocycles. The predicted molar refractivity (Wildman–Crippen MR) is 149 cm³/mol. The quantitative estimate of drug-likeness (QED) is 0.172. The average Bonchev–Trinajstić information content (AvgIpc) is 2.82. The van der Waals surface area contributed by atoms with E-state index in [0.717, 1.165) is 32.6 Å². The molecule has 5 aromatic carbocycles. The minimum absolute atomic E-state index is 0.676. The van der Waals surface area contributed by atoms with Crippen LogP contribution in [0.25, 0.3) is 43.1 Å². The number of hydrogen-bond donors (Lipinski definition) is 0. The smallest absolute Gasteiger partial charge is 0.201 e. The highest BCUT2D eigenvalue weighted by atomic mass is 29.7. The molecular weight excluding hydrogens is 465 g/mol. The monoisotopic (exact) mass is 489 g/mol. The molecule has 6 rings (SSSR count). The lowest BCUT2D eigenvalue weighted by Gasteiger charge is -2.27. The maximum Gasteiger partial charge on any atom is 0.201 e. The number of aryl methyl sites for hydroxylation is 3. The van der Waals surface area contributed by atoms with Gasteiger partial charge in [0.2, 0.25) is 9.28 Å². The second-order valence-electron chi connectivity index (χ2n) is 9.33. The predicted octanol–water partition coefficient (Wildman–Crippen LogP) is 5.47. The fourth-order valence-corrected chi connectivity index (χ4v) is 21.8. The molecule has 0 amide bonds. The van der Waals surface area contributed by atoms with Gasteiger partial charge in [0.05, 0.1) is 8.31 Å². The van der Waals surface area contributed by atoms with Crippen LogP contribution in [-0.4, -0.2) is 40.9 Å². The van der Waals surface area contributed by atoms with Gasteiger partial charge >= 0.3 is 0 Å². The van der Waals surface area contributed by atoms with Crippen molar-refractivity contribution in [3.8, 4) is 0 Å². The highest BCUT2D eigenvalue weighted by Gasteiger charge is 2.26. The first-order chi connectivity index (χ1) is 16.0. The molecule has 1 fully saturated rings. The lowest BCUT2D eigenvalue weighted by atomic mass is 9.86. The molecule has 1 aliphatic rings. The fourth-order valence-electron chi connectivity index (χ4n) is 5.80. The Morgan fingerprint density at radius 3 is 2.18 bits per heavy atom. The maximum absolute atomic E-state index is 6.06. The van der Waals surface area contributed by atoms with Gasteiger partial charge in [0, 0.05) is 23.3 Å².